The minimum atomic E-state index is 0. The molecule has 5 aromatic heterocycles. The van der Waals surface area contributed by atoms with E-state index in [0.29, 0.717) is 5.82 Å². The van der Waals surface area contributed by atoms with Gasteiger partial charge in [0.15, 0.2) is 11.6 Å². The van der Waals surface area contributed by atoms with E-state index in [1.807, 2.05) is 59.5 Å². The van der Waals surface area contributed by atoms with Crippen LogP contribution in [0.25, 0.3) is 21.4 Å². The molecule has 0 bridgehead atoms. The fourth-order valence-corrected chi connectivity index (χ4v) is 4.18. The Hall–Kier alpha value is -2.83. The number of nitrogen functional groups attached to an aromatic ring is 1. The van der Waals surface area contributed by atoms with Crippen LogP contribution in [0.2, 0.25) is 5.28 Å². The van der Waals surface area contributed by atoms with Gasteiger partial charge in [0.05, 0.1) is 14.6 Å². The predicted molar refractivity (Wildman–Crippen MR) is 139 cm³/mol. The highest BCUT2D eigenvalue weighted by Gasteiger charge is 2.02. The Kier molecular flexibility index (Phi) is 10.9. The molecule has 170 valence electrons. The third kappa shape index (κ3) is 8.56. The smallest absolute Gasteiger partial charge is 0.225 e. The van der Waals surface area contributed by atoms with Crippen LogP contribution in [0.3, 0.4) is 0 Å². The predicted octanol–water partition coefficient (Wildman–Crippen LogP) is 5.62. The lowest BCUT2D eigenvalue weighted by Gasteiger charge is -1.94. The number of nitrogens with zero attached hydrogens (tertiary/aromatic N) is 6. The van der Waals surface area contributed by atoms with E-state index in [9.17, 15) is 0 Å². The van der Waals surface area contributed by atoms with Gasteiger partial charge in [-0.2, -0.15) is 4.98 Å². The minimum absolute atomic E-state index is 0. The van der Waals surface area contributed by atoms with Crippen LogP contribution >= 0.6 is 58.0 Å². The molecule has 8 nitrogen and oxygen atoms in total. The molecule has 5 rings (SSSR count). The quantitative estimate of drug-likeness (QED) is 0.226. The zero-order valence-electron chi connectivity index (χ0n) is 17.1. The summed E-state index contributed by atoms with van der Waals surface area (Å²) in [4.78, 5) is 26.8. The number of halogens is 2. The molecule has 33 heavy (non-hydrogen) atoms. The monoisotopic (exact) mass is 536 g/mol. The molecule has 0 amide bonds. The van der Waals surface area contributed by atoms with Gasteiger partial charge in [0.2, 0.25) is 5.28 Å². The van der Waals surface area contributed by atoms with Gasteiger partial charge in [0.25, 0.3) is 0 Å². The Morgan fingerprint density at radius 3 is 1.79 bits per heavy atom. The zero-order chi connectivity index (χ0) is 22.8. The number of rotatable bonds is 3. The topological polar surface area (TPSA) is 127 Å². The van der Waals surface area contributed by atoms with Gasteiger partial charge in [-0.05, 0) is 52.9 Å². The largest absolute Gasteiger partial charge is 0.383 e. The summed E-state index contributed by atoms with van der Waals surface area (Å²) >= 11 is 10.3. The molecule has 3 N–H and O–H groups in total. The Labute approximate surface area is 213 Å². The first-order valence-electron chi connectivity index (χ1n) is 8.98. The van der Waals surface area contributed by atoms with Crippen molar-refractivity contribution < 1.29 is 0 Å². The third-order valence-electron chi connectivity index (χ3n) is 3.50. The van der Waals surface area contributed by atoms with E-state index >= 15 is 0 Å². The van der Waals surface area contributed by atoms with Crippen molar-refractivity contribution in [1.82, 2.24) is 29.9 Å². The lowest BCUT2D eigenvalue weighted by Crippen LogP contribution is -2.08. The van der Waals surface area contributed by atoms with E-state index in [1.165, 1.54) is 24.0 Å². The second-order valence-electron chi connectivity index (χ2n) is 5.78. The molecule has 5 heterocycles. The average molecular weight is 538 g/mol. The van der Waals surface area contributed by atoms with E-state index < -0.39 is 0 Å². The van der Waals surface area contributed by atoms with Gasteiger partial charge in [-0.15, -0.1) is 46.4 Å². The zero-order valence-corrected chi connectivity index (χ0v) is 21.1. The van der Waals surface area contributed by atoms with Crippen molar-refractivity contribution in [3.63, 3.8) is 0 Å². The van der Waals surface area contributed by atoms with Crippen molar-refractivity contribution in [2.45, 2.75) is 6.92 Å². The van der Waals surface area contributed by atoms with E-state index in [1.54, 1.807) is 22.7 Å². The van der Waals surface area contributed by atoms with Crippen molar-refractivity contribution in [3.05, 3.63) is 81.2 Å². The SMILES string of the molecule is Cc1ncnc(-c2cccs2)n1.Cl.Clc1ncnc(-c2cccs2)n1.N=C(N)c1cccs1. The fraction of sp³-hybridized carbons (Fsp3) is 0.0500. The summed E-state index contributed by atoms with van der Waals surface area (Å²) in [5.74, 6) is 2.30. The summed E-state index contributed by atoms with van der Waals surface area (Å²) in [5.41, 5.74) is 5.15. The summed E-state index contributed by atoms with van der Waals surface area (Å²) in [6.45, 7) is 1.86. The molecular formula is C20H18Cl2N8S3. The molecule has 0 fully saturated rings. The summed E-state index contributed by atoms with van der Waals surface area (Å²) in [6.07, 6.45) is 2.95. The Morgan fingerprint density at radius 1 is 0.818 bits per heavy atom. The number of aromatic nitrogens is 6. The van der Waals surface area contributed by atoms with Crippen LogP contribution in [0.5, 0.6) is 0 Å². The highest BCUT2D eigenvalue weighted by molar-refractivity contribution is 7.13. The average Bonchev–Trinajstić information content (AvgIpc) is 3.59. The Bertz CT molecular complexity index is 1150. The van der Waals surface area contributed by atoms with Gasteiger partial charge in [-0.1, -0.05) is 18.2 Å². The number of amidine groups is 1. The van der Waals surface area contributed by atoms with Gasteiger partial charge in [0, 0.05) is 0 Å². The highest BCUT2D eigenvalue weighted by Crippen LogP contribution is 2.21. The van der Waals surface area contributed by atoms with E-state index in [-0.39, 0.29) is 23.5 Å². The Morgan fingerprint density at radius 2 is 1.36 bits per heavy atom. The molecule has 0 atom stereocenters. The number of nitrogens with two attached hydrogens (primary N) is 1. The van der Waals surface area contributed by atoms with Crippen molar-refractivity contribution in [3.8, 4) is 21.4 Å². The van der Waals surface area contributed by atoms with Gasteiger partial charge < -0.3 is 5.73 Å². The standard InChI is InChI=1S/C8H7N3S.C7H4ClN3S.C5H6N2S.ClH/c1-6-9-5-10-8(11-6)7-3-2-4-12-7;8-7-10-4-9-6(11-7)5-2-1-3-12-5;6-5(7)4-2-1-3-8-4;/h2-5H,1H3;1-4H;1-3H,(H3,6,7);1H. The molecule has 5 aromatic rings. The van der Waals surface area contributed by atoms with Crippen LogP contribution in [0, 0.1) is 12.3 Å². The van der Waals surface area contributed by atoms with Gasteiger partial charge >= 0.3 is 0 Å². The molecule has 0 radical (unpaired) electrons. The fourth-order valence-electron chi connectivity index (χ4n) is 2.14. The molecule has 0 saturated heterocycles. The molecule has 0 spiro atoms. The lowest BCUT2D eigenvalue weighted by atomic mass is 10.4. The molecule has 13 heteroatoms. The number of nitrogens with one attached hydrogen (secondary N) is 1. The normalized spacial score (nSPS) is 9.52. The van der Waals surface area contributed by atoms with Gasteiger partial charge in [-0.25, -0.2) is 24.9 Å². The molecule has 0 aliphatic carbocycles. The van der Waals surface area contributed by atoms with Crippen molar-refractivity contribution in [1.29, 1.82) is 5.41 Å². The molecule has 0 aromatic carbocycles. The third-order valence-corrected chi connectivity index (χ3v) is 6.32. The summed E-state index contributed by atoms with van der Waals surface area (Å²) in [7, 11) is 0. The Balaban J connectivity index is 0.000000177. The van der Waals surface area contributed by atoms with Crippen LogP contribution in [-0.2, 0) is 0 Å². The number of hydrogen-bond donors (Lipinski definition) is 2. The second-order valence-corrected chi connectivity index (χ2v) is 8.96. The first kappa shape index (κ1) is 26.4. The number of aryl methyl sites for hydroxylation is 1. The van der Waals surface area contributed by atoms with Crippen molar-refractivity contribution >= 4 is 63.9 Å². The van der Waals surface area contributed by atoms with Crippen LogP contribution in [0.4, 0.5) is 0 Å². The maximum atomic E-state index is 6.94. The van der Waals surface area contributed by atoms with Gasteiger partial charge in [0.1, 0.15) is 24.3 Å². The van der Waals surface area contributed by atoms with Crippen LogP contribution in [0.1, 0.15) is 10.7 Å². The van der Waals surface area contributed by atoms with Crippen molar-refractivity contribution in [2.75, 3.05) is 0 Å². The van der Waals surface area contributed by atoms with Crippen LogP contribution in [0.15, 0.2) is 65.2 Å². The molecule has 0 saturated carbocycles. The molecular weight excluding hydrogens is 519 g/mol. The maximum absolute atomic E-state index is 6.94. The van der Waals surface area contributed by atoms with E-state index in [4.69, 9.17) is 22.7 Å². The number of thiophene rings is 3. The maximum Gasteiger partial charge on any atom is 0.225 e. The summed E-state index contributed by atoms with van der Waals surface area (Å²) in [6, 6.07) is 11.6. The molecule has 0 aliphatic rings. The summed E-state index contributed by atoms with van der Waals surface area (Å²) in [5, 5.41) is 13.0. The first-order valence-corrected chi connectivity index (χ1v) is 12.0. The second kappa shape index (κ2) is 13.7. The van der Waals surface area contributed by atoms with Crippen LogP contribution in [-0.4, -0.2) is 35.7 Å². The van der Waals surface area contributed by atoms with Crippen molar-refractivity contribution in [2.24, 2.45) is 5.73 Å². The van der Waals surface area contributed by atoms with E-state index in [2.05, 4.69) is 29.9 Å². The van der Waals surface area contributed by atoms with E-state index in [0.717, 1.165) is 26.3 Å². The lowest BCUT2D eigenvalue weighted by molar-refractivity contribution is 0.986. The minimum Gasteiger partial charge on any atom is -0.383 e. The van der Waals surface area contributed by atoms with Gasteiger partial charge in [-0.3, -0.25) is 5.41 Å². The first-order chi connectivity index (χ1) is 15.5. The molecule has 0 aliphatic heterocycles. The summed E-state index contributed by atoms with van der Waals surface area (Å²) < 4.78 is 0. The highest BCUT2D eigenvalue weighted by atomic mass is 35.5. The van der Waals surface area contributed by atoms with Crippen LogP contribution < -0.4 is 5.73 Å². The molecule has 0 unspecified atom stereocenters. The number of hydrogen-bond acceptors (Lipinski definition) is 10.